The quantitative estimate of drug-likeness (QED) is 0.570. The highest BCUT2D eigenvalue weighted by Crippen LogP contribution is 2.28. The van der Waals surface area contributed by atoms with E-state index in [9.17, 15) is 5.11 Å². The molecule has 0 aliphatic heterocycles. The summed E-state index contributed by atoms with van der Waals surface area (Å²) in [5.74, 6) is 2.59. The van der Waals surface area contributed by atoms with Gasteiger partial charge >= 0.3 is 0 Å². The zero-order chi connectivity index (χ0) is 19.3. The molecule has 0 saturated carbocycles. The minimum absolute atomic E-state index is 0.137. The number of nitrogens with zero attached hydrogens (tertiary/aromatic N) is 4. The zero-order valence-corrected chi connectivity index (χ0v) is 15.2. The molecule has 0 aliphatic rings. The number of pyridine rings is 1. The summed E-state index contributed by atoms with van der Waals surface area (Å²) in [6.07, 6.45) is 5.44. The minimum atomic E-state index is 0.137. The Labute approximate surface area is 162 Å². The van der Waals surface area contributed by atoms with Gasteiger partial charge in [-0.05, 0) is 48.0 Å². The van der Waals surface area contributed by atoms with Gasteiger partial charge in [-0.1, -0.05) is 36.4 Å². The van der Waals surface area contributed by atoms with Crippen LogP contribution in [0.1, 0.15) is 11.4 Å². The van der Waals surface area contributed by atoms with Gasteiger partial charge in [0.05, 0.1) is 12.7 Å². The molecule has 0 radical (unpaired) electrons. The summed E-state index contributed by atoms with van der Waals surface area (Å²) >= 11 is 0. The third-order valence-corrected chi connectivity index (χ3v) is 4.18. The largest absolute Gasteiger partial charge is 0.507 e. The standard InChI is InChI=1S/C22H18N4O2/c1-28-17-12-9-16(10-13-17)11-14-20-24-22(18-6-2-3-7-19(18)27)26(25-20)21-8-4-5-15-23-21/h2-15,27H,1H3. The highest BCUT2D eigenvalue weighted by atomic mass is 16.5. The number of methoxy groups -OCH3 is 1. The number of ether oxygens (including phenoxy) is 1. The number of benzene rings is 2. The number of phenolic OH excluding ortho intramolecular Hbond substituents is 1. The monoisotopic (exact) mass is 370 g/mol. The molecule has 2 aromatic heterocycles. The van der Waals surface area contributed by atoms with E-state index < -0.39 is 0 Å². The van der Waals surface area contributed by atoms with Crippen molar-refractivity contribution in [3.8, 4) is 28.7 Å². The number of aromatic hydroxyl groups is 1. The first kappa shape index (κ1) is 17.5. The maximum Gasteiger partial charge on any atom is 0.175 e. The Morgan fingerprint density at radius 3 is 2.43 bits per heavy atom. The van der Waals surface area contributed by atoms with E-state index in [-0.39, 0.29) is 5.75 Å². The van der Waals surface area contributed by atoms with E-state index in [1.54, 1.807) is 36.2 Å². The van der Waals surface area contributed by atoms with Crippen LogP contribution in [0.4, 0.5) is 0 Å². The van der Waals surface area contributed by atoms with E-state index in [4.69, 9.17) is 4.74 Å². The number of phenols is 1. The van der Waals surface area contributed by atoms with E-state index in [0.717, 1.165) is 11.3 Å². The molecule has 1 N–H and O–H groups in total. The summed E-state index contributed by atoms with van der Waals surface area (Å²) < 4.78 is 6.81. The van der Waals surface area contributed by atoms with Gasteiger partial charge < -0.3 is 9.84 Å². The van der Waals surface area contributed by atoms with Crippen LogP contribution in [0.2, 0.25) is 0 Å². The maximum atomic E-state index is 10.3. The lowest BCUT2D eigenvalue weighted by atomic mass is 10.2. The summed E-state index contributed by atoms with van der Waals surface area (Å²) in [6.45, 7) is 0. The normalized spacial score (nSPS) is 11.0. The first-order chi connectivity index (χ1) is 13.7. The number of hydrogen-bond acceptors (Lipinski definition) is 5. The molecule has 0 bridgehead atoms. The number of aromatic nitrogens is 4. The molecule has 4 rings (SSSR count). The molecule has 0 spiro atoms. The van der Waals surface area contributed by atoms with Crippen LogP contribution >= 0.6 is 0 Å². The first-order valence-corrected chi connectivity index (χ1v) is 8.73. The summed E-state index contributed by atoms with van der Waals surface area (Å²) in [4.78, 5) is 8.96. The molecule has 0 aliphatic carbocycles. The van der Waals surface area contributed by atoms with E-state index in [0.29, 0.717) is 23.0 Å². The van der Waals surface area contributed by atoms with Gasteiger partial charge in [0.25, 0.3) is 0 Å². The highest BCUT2D eigenvalue weighted by molar-refractivity contribution is 5.70. The molecule has 138 valence electrons. The molecular formula is C22H18N4O2. The van der Waals surface area contributed by atoms with Crippen molar-refractivity contribution >= 4 is 12.2 Å². The topological polar surface area (TPSA) is 73.1 Å². The van der Waals surface area contributed by atoms with Gasteiger partial charge in [-0.15, -0.1) is 5.10 Å². The fourth-order valence-corrected chi connectivity index (χ4v) is 2.76. The zero-order valence-electron chi connectivity index (χ0n) is 15.2. The van der Waals surface area contributed by atoms with Crippen LogP contribution in [0.5, 0.6) is 11.5 Å². The van der Waals surface area contributed by atoms with E-state index in [1.807, 2.05) is 60.7 Å². The molecule has 0 atom stereocenters. The third-order valence-electron chi connectivity index (χ3n) is 4.18. The number of rotatable bonds is 5. The van der Waals surface area contributed by atoms with Gasteiger partial charge in [0, 0.05) is 6.20 Å². The van der Waals surface area contributed by atoms with Gasteiger partial charge in [0.2, 0.25) is 0 Å². The highest BCUT2D eigenvalue weighted by Gasteiger charge is 2.15. The number of para-hydroxylation sites is 1. The lowest BCUT2D eigenvalue weighted by molar-refractivity contribution is 0.415. The molecule has 0 fully saturated rings. The van der Waals surface area contributed by atoms with Gasteiger partial charge in [0.1, 0.15) is 11.5 Å². The molecule has 0 amide bonds. The van der Waals surface area contributed by atoms with Crippen molar-refractivity contribution in [1.29, 1.82) is 0 Å². The Bertz CT molecular complexity index is 1100. The van der Waals surface area contributed by atoms with Gasteiger partial charge in [-0.25, -0.2) is 9.97 Å². The molecule has 6 heteroatoms. The Kier molecular flexibility index (Phi) is 4.84. The predicted molar refractivity (Wildman–Crippen MR) is 108 cm³/mol. The Hall–Kier alpha value is -3.93. The summed E-state index contributed by atoms with van der Waals surface area (Å²) in [5, 5.41) is 14.8. The molecule has 4 aromatic rings. The second-order valence-corrected chi connectivity index (χ2v) is 6.02. The second-order valence-electron chi connectivity index (χ2n) is 6.02. The maximum absolute atomic E-state index is 10.3. The molecule has 28 heavy (non-hydrogen) atoms. The lowest BCUT2D eigenvalue weighted by Crippen LogP contribution is -2.01. The van der Waals surface area contributed by atoms with E-state index in [1.165, 1.54) is 0 Å². The number of hydrogen-bond donors (Lipinski definition) is 1. The smallest absolute Gasteiger partial charge is 0.175 e. The Morgan fingerprint density at radius 1 is 0.929 bits per heavy atom. The first-order valence-electron chi connectivity index (χ1n) is 8.73. The Balaban J connectivity index is 1.75. The SMILES string of the molecule is COc1ccc(C=Cc2nc(-c3ccccc3O)n(-c3ccccn3)n2)cc1. The average Bonchev–Trinajstić information content (AvgIpc) is 3.18. The van der Waals surface area contributed by atoms with Crippen LogP contribution in [-0.2, 0) is 0 Å². The van der Waals surface area contributed by atoms with Crippen LogP contribution < -0.4 is 4.74 Å². The summed E-state index contributed by atoms with van der Waals surface area (Å²) in [7, 11) is 1.64. The summed E-state index contributed by atoms with van der Waals surface area (Å²) in [5.41, 5.74) is 1.59. The predicted octanol–water partition coefficient (Wildman–Crippen LogP) is 4.21. The fraction of sp³-hybridized carbons (Fsp3) is 0.0455. The van der Waals surface area contributed by atoms with Crippen LogP contribution in [0.15, 0.2) is 72.9 Å². The van der Waals surface area contributed by atoms with Crippen molar-refractivity contribution in [2.45, 2.75) is 0 Å². The van der Waals surface area contributed by atoms with Crippen molar-refractivity contribution < 1.29 is 9.84 Å². The second kappa shape index (κ2) is 7.75. The molecule has 0 unspecified atom stereocenters. The van der Waals surface area contributed by atoms with Gasteiger partial charge in [0.15, 0.2) is 17.5 Å². The molecular weight excluding hydrogens is 352 g/mol. The molecule has 2 aromatic carbocycles. The summed E-state index contributed by atoms with van der Waals surface area (Å²) in [6, 6.07) is 20.3. The van der Waals surface area contributed by atoms with Crippen LogP contribution in [0, 0.1) is 0 Å². The molecule has 0 saturated heterocycles. The van der Waals surface area contributed by atoms with Crippen LogP contribution in [0.3, 0.4) is 0 Å². The van der Waals surface area contributed by atoms with Crippen molar-refractivity contribution in [2.24, 2.45) is 0 Å². The molecule has 6 nitrogen and oxygen atoms in total. The Morgan fingerprint density at radius 2 is 1.71 bits per heavy atom. The van der Waals surface area contributed by atoms with E-state index in [2.05, 4.69) is 15.1 Å². The van der Waals surface area contributed by atoms with Crippen molar-refractivity contribution in [3.63, 3.8) is 0 Å². The fourth-order valence-electron chi connectivity index (χ4n) is 2.76. The third kappa shape index (κ3) is 3.61. The van der Waals surface area contributed by atoms with Crippen molar-refractivity contribution in [2.75, 3.05) is 7.11 Å². The van der Waals surface area contributed by atoms with Crippen LogP contribution in [0.25, 0.3) is 29.4 Å². The van der Waals surface area contributed by atoms with Crippen LogP contribution in [-0.4, -0.2) is 32.0 Å². The average molecular weight is 370 g/mol. The van der Waals surface area contributed by atoms with Crippen molar-refractivity contribution in [3.05, 3.63) is 84.3 Å². The van der Waals surface area contributed by atoms with Gasteiger partial charge in [-0.2, -0.15) is 4.68 Å². The lowest BCUT2D eigenvalue weighted by Gasteiger charge is -2.06. The van der Waals surface area contributed by atoms with E-state index >= 15 is 0 Å². The molecule has 2 heterocycles. The minimum Gasteiger partial charge on any atom is -0.507 e. The van der Waals surface area contributed by atoms with Gasteiger partial charge in [-0.3, -0.25) is 0 Å². The van der Waals surface area contributed by atoms with Crippen molar-refractivity contribution in [1.82, 2.24) is 19.7 Å².